The van der Waals surface area contributed by atoms with Crippen LogP contribution in [0.4, 0.5) is 16.6 Å². The van der Waals surface area contributed by atoms with E-state index >= 15 is 0 Å². The molecule has 1 aliphatic carbocycles. The van der Waals surface area contributed by atoms with E-state index < -0.39 is 0 Å². The van der Waals surface area contributed by atoms with Crippen LogP contribution >= 0.6 is 22.9 Å². The van der Waals surface area contributed by atoms with E-state index in [-0.39, 0.29) is 11.8 Å². The van der Waals surface area contributed by atoms with E-state index in [9.17, 15) is 4.79 Å². The molecule has 122 valence electrons. The van der Waals surface area contributed by atoms with Crippen LogP contribution < -0.4 is 10.2 Å². The van der Waals surface area contributed by atoms with Crippen molar-refractivity contribution in [2.24, 2.45) is 5.92 Å². The number of halogens is 1. The van der Waals surface area contributed by atoms with Crippen LogP contribution in [0.25, 0.3) is 10.3 Å². The molecule has 2 aromatic heterocycles. The third kappa shape index (κ3) is 3.07. The van der Waals surface area contributed by atoms with E-state index in [0.29, 0.717) is 10.2 Å². The van der Waals surface area contributed by atoms with E-state index in [1.165, 1.54) is 11.3 Å². The summed E-state index contributed by atoms with van der Waals surface area (Å²) in [5.74, 6) is 1.04. The third-order valence-electron chi connectivity index (χ3n) is 3.98. The van der Waals surface area contributed by atoms with Crippen molar-refractivity contribution in [3.63, 3.8) is 0 Å². The SMILES string of the molecule is CN(c1ccc(Cl)cc1)c1ccc2nc(NC(=O)C3CC3)sc2n1. The number of nitrogens with one attached hydrogen (secondary N) is 1. The highest BCUT2D eigenvalue weighted by molar-refractivity contribution is 7.22. The van der Waals surface area contributed by atoms with Crippen LogP contribution in [0.15, 0.2) is 36.4 Å². The number of carbonyl (C=O) groups excluding carboxylic acids is 1. The zero-order valence-electron chi connectivity index (χ0n) is 13.0. The lowest BCUT2D eigenvalue weighted by molar-refractivity contribution is -0.117. The molecule has 3 aromatic rings. The van der Waals surface area contributed by atoms with Crippen molar-refractivity contribution in [3.05, 3.63) is 41.4 Å². The highest BCUT2D eigenvalue weighted by Gasteiger charge is 2.30. The molecule has 7 heteroatoms. The molecule has 2 heterocycles. The third-order valence-corrected chi connectivity index (χ3v) is 5.11. The van der Waals surface area contributed by atoms with E-state index in [1.807, 2.05) is 48.3 Å². The fourth-order valence-electron chi connectivity index (χ4n) is 2.40. The van der Waals surface area contributed by atoms with Crippen LogP contribution in [0.5, 0.6) is 0 Å². The highest BCUT2D eigenvalue weighted by atomic mass is 35.5. The first kappa shape index (κ1) is 15.4. The number of hydrogen-bond donors (Lipinski definition) is 1. The van der Waals surface area contributed by atoms with Crippen molar-refractivity contribution in [2.45, 2.75) is 12.8 Å². The molecule has 1 fully saturated rings. The van der Waals surface area contributed by atoms with Gasteiger partial charge in [0.15, 0.2) is 5.13 Å². The van der Waals surface area contributed by atoms with Crippen LogP contribution in [-0.2, 0) is 4.79 Å². The Morgan fingerprint density at radius 2 is 1.96 bits per heavy atom. The number of anilines is 3. The quantitative estimate of drug-likeness (QED) is 0.748. The minimum atomic E-state index is 0.0626. The molecule has 0 saturated heterocycles. The van der Waals surface area contributed by atoms with Gasteiger partial charge in [0.1, 0.15) is 16.2 Å². The molecule has 0 bridgehead atoms. The summed E-state index contributed by atoms with van der Waals surface area (Å²) in [7, 11) is 1.95. The molecule has 1 amide bonds. The van der Waals surface area contributed by atoms with Crippen molar-refractivity contribution < 1.29 is 4.79 Å². The molecule has 0 radical (unpaired) electrons. The van der Waals surface area contributed by atoms with E-state index in [2.05, 4.69) is 15.3 Å². The number of nitrogens with zero attached hydrogens (tertiary/aromatic N) is 3. The summed E-state index contributed by atoms with van der Waals surface area (Å²) in [5, 5.41) is 4.19. The maximum Gasteiger partial charge on any atom is 0.229 e. The Morgan fingerprint density at radius 1 is 1.21 bits per heavy atom. The van der Waals surface area contributed by atoms with Crippen LogP contribution in [-0.4, -0.2) is 22.9 Å². The van der Waals surface area contributed by atoms with Crippen LogP contribution in [0, 0.1) is 5.92 Å². The lowest BCUT2D eigenvalue weighted by atomic mass is 10.3. The molecule has 1 N–H and O–H groups in total. The molecule has 1 aliphatic rings. The molecule has 5 nitrogen and oxygen atoms in total. The molecule has 0 aliphatic heterocycles. The topological polar surface area (TPSA) is 58.1 Å². The van der Waals surface area contributed by atoms with Gasteiger partial charge >= 0.3 is 0 Å². The highest BCUT2D eigenvalue weighted by Crippen LogP contribution is 2.33. The Hall–Kier alpha value is -2.18. The fourth-order valence-corrected chi connectivity index (χ4v) is 3.36. The predicted octanol–water partition coefficient (Wildman–Crippen LogP) is 4.46. The van der Waals surface area contributed by atoms with Crippen molar-refractivity contribution in [3.8, 4) is 0 Å². The fraction of sp³-hybridized carbons (Fsp3) is 0.235. The lowest BCUT2D eigenvalue weighted by Crippen LogP contribution is -2.12. The van der Waals surface area contributed by atoms with Gasteiger partial charge in [0.2, 0.25) is 5.91 Å². The number of carbonyl (C=O) groups is 1. The maximum absolute atomic E-state index is 11.9. The minimum absolute atomic E-state index is 0.0626. The average molecular weight is 359 g/mol. The number of hydrogen-bond acceptors (Lipinski definition) is 5. The molecule has 1 aromatic carbocycles. The Labute approximate surface area is 148 Å². The first-order valence-electron chi connectivity index (χ1n) is 7.68. The summed E-state index contributed by atoms with van der Waals surface area (Å²) in [4.78, 5) is 23.7. The minimum Gasteiger partial charge on any atom is -0.329 e. The van der Waals surface area contributed by atoms with Gasteiger partial charge in [0, 0.05) is 23.7 Å². The van der Waals surface area contributed by atoms with Crippen LogP contribution in [0.3, 0.4) is 0 Å². The summed E-state index contributed by atoms with van der Waals surface area (Å²) >= 11 is 7.33. The Bertz CT molecular complexity index is 905. The zero-order chi connectivity index (χ0) is 16.7. The monoisotopic (exact) mass is 358 g/mol. The first-order chi connectivity index (χ1) is 11.6. The number of pyridine rings is 1. The number of aromatic nitrogens is 2. The summed E-state index contributed by atoms with van der Waals surface area (Å²) in [6, 6.07) is 11.4. The van der Waals surface area contributed by atoms with Gasteiger partial charge in [-0.3, -0.25) is 4.79 Å². The van der Waals surface area contributed by atoms with E-state index in [1.54, 1.807) is 0 Å². The van der Waals surface area contributed by atoms with E-state index in [4.69, 9.17) is 11.6 Å². The standard InChI is InChI=1S/C17H15ClN4OS/c1-22(12-6-4-11(18)5-7-12)14-9-8-13-16(20-14)24-17(19-13)21-15(23)10-2-3-10/h4-10H,2-3H2,1H3,(H,19,21,23). The van der Waals surface area contributed by atoms with Gasteiger partial charge < -0.3 is 10.2 Å². The second kappa shape index (κ2) is 6.03. The van der Waals surface area contributed by atoms with Crippen molar-refractivity contribution >= 4 is 55.8 Å². The molecule has 1 saturated carbocycles. The molecule has 0 atom stereocenters. The Balaban J connectivity index is 1.60. The second-order valence-electron chi connectivity index (χ2n) is 5.81. The molecule has 0 spiro atoms. The van der Waals surface area contributed by atoms with Crippen molar-refractivity contribution in [1.82, 2.24) is 9.97 Å². The lowest BCUT2D eigenvalue weighted by Gasteiger charge is -2.18. The normalized spacial score (nSPS) is 13.9. The largest absolute Gasteiger partial charge is 0.329 e. The second-order valence-corrected chi connectivity index (χ2v) is 7.23. The number of thiazole rings is 1. The molecule has 24 heavy (non-hydrogen) atoms. The number of fused-ring (bicyclic) bond motifs is 1. The van der Waals surface area contributed by atoms with Crippen LogP contribution in [0.1, 0.15) is 12.8 Å². The summed E-state index contributed by atoms with van der Waals surface area (Å²) in [5.41, 5.74) is 1.79. The van der Waals surface area contributed by atoms with Gasteiger partial charge in [-0.1, -0.05) is 22.9 Å². The van der Waals surface area contributed by atoms with Gasteiger partial charge in [-0.2, -0.15) is 0 Å². The zero-order valence-corrected chi connectivity index (χ0v) is 14.6. The summed E-state index contributed by atoms with van der Waals surface area (Å²) < 4.78 is 0. The van der Waals surface area contributed by atoms with Crippen molar-refractivity contribution in [2.75, 3.05) is 17.3 Å². The number of benzene rings is 1. The smallest absolute Gasteiger partial charge is 0.229 e. The molecule has 4 rings (SSSR count). The van der Waals surface area contributed by atoms with Gasteiger partial charge in [0.25, 0.3) is 0 Å². The Kier molecular flexibility index (Phi) is 3.86. The van der Waals surface area contributed by atoms with E-state index in [0.717, 1.165) is 34.7 Å². The average Bonchev–Trinajstić information content (AvgIpc) is 3.35. The van der Waals surface area contributed by atoms with Gasteiger partial charge in [-0.15, -0.1) is 0 Å². The Morgan fingerprint density at radius 3 is 2.67 bits per heavy atom. The maximum atomic E-state index is 11.9. The van der Waals surface area contributed by atoms with Gasteiger partial charge in [-0.25, -0.2) is 9.97 Å². The summed E-state index contributed by atoms with van der Waals surface area (Å²) in [6.07, 6.45) is 1.95. The van der Waals surface area contributed by atoms with Crippen LogP contribution in [0.2, 0.25) is 5.02 Å². The van der Waals surface area contributed by atoms with Gasteiger partial charge in [0.05, 0.1) is 0 Å². The molecular weight excluding hydrogens is 344 g/mol. The van der Waals surface area contributed by atoms with Crippen molar-refractivity contribution in [1.29, 1.82) is 0 Å². The predicted molar refractivity (Wildman–Crippen MR) is 98.3 cm³/mol. The molecule has 0 unspecified atom stereocenters. The molecular formula is C17H15ClN4OS. The van der Waals surface area contributed by atoms with Gasteiger partial charge in [-0.05, 0) is 49.2 Å². The first-order valence-corrected chi connectivity index (χ1v) is 8.87. The summed E-state index contributed by atoms with van der Waals surface area (Å²) in [6.45, 7) is 0. The number of amides is 1. The number of rotatable bonds is 4.